The van der Waals surface area contributed by atoms with Crippen molar-refractivity contribution in [2.45, 2.75) is 19.3 Å². The summed E-state index contributed by atoms with van der Waals surface area (Å²) in [5.74, 6) is -1.92. The maximum Gasteiger partial charge on any atom is 0.323 e. The molecule has 0 aliphatic heterocycles. The second kappa shape index (κ2) is 11.7. The van der Waals surface area contributed by atoms with Crippen molar-refractivity contribution in [3.63, 3.8) is 0 Å². The molecule has 0 atom stereocenters. The third kappa shape index (κ3) is 6.82. The van der Waals surface area contributed by atoms with Crippen LogP contribution in [0.4, 0.5) is 5.69 Å². The number of aliphatic carboxylic acids is 1. The van der Waals surface area contributed by atoms with E-state index in [1.165, 1.54) is 29.7 Å². The number of benzene rings is 3. The number of hydrogen-bond acceptors (Lipinski definition) is 4. The summed E-state index contributed by atoms with van der Waals surface area (Å²) in [6, 6.07) is 20.1. The SMILES string of the molecule is Cl.NC(=O)c1ccc2c(c1)CCC2.O=C(O)CN(C(=O)c1ccccc1)c1cccc(O)c1. The minimum atomic E-state index is -1.13. The number of carboxylic acid groups (broad SMARTS) is 1. The topological polar surface area (TPSA) is 121 Å². The van der Waals surface area contributed by atoms with Crippen molar-refractivity contribution in [2.24, 2.45) is 5.73 Å². The Kier molecular flexibility index (Phi) is 9.00. The highest BCUT2D eigenvalue weighted by molar-refractivity contribution is 6.08. The lowest BCUT2D eigenvalue weighted by Gasteiger charge is -2.21. The van der Waals surface area contributed by atoms with Crippen LogP contribution in [0, 0.1) is 0 Å². The zero-order chi connectivity index (χ0) is 23.1. The summed E-state index contributed by atoms with van der Waals surface area (Å²) in [4.78, 5) is 35.3. The minimum absolute atomic E-state index is 0. The van der Waals surface area contributed by atoms with E-state index in [1.807, 2.05) is 18.2 Å². The first-order valence-corrected chi connectivity index (χ1v) is 10.1. The van der Waals surface area contributed by atoms with Crippen LogP contribution in [-0.2, 0) is 17.6 Å². The summed E-state index contributed by atoms with van der Waals surface area (Å²) in [6.07, 6.45) is 3.45. The molecule has 4 N–H and O–H groups in total. The first-order valence-electron chi connectivity index (χ1n) is 10.1. The van der Waals surface area contributed by atoms with Crippen LogP contribution in [0.2, 0.25) is 0 Å². The largest absolute Gasteiger partial charge is 0.508 e. The van der Waals surface area contributed by atoms with Crippen LogP contribution in [-0.4, -0.2) is 34.5 Å². The van der Waals surface area contributed by atoms with E-state index in [9.17, 15) is 19.5 Å². The number of nitrogens with zero attached hydrogens (tertiary/aromatic N) is 1. The highest BCUT2D eigenvalue weighted by Crippen LogP contribution is 2.23. The molecule has 3 aromatic rings. The van der Waals surface area contributed by atoms with Gasteiger partial charge in [-0.1, -0.05) is 30.3 Å². The maximum atomic E-state index is 12.4. The van der Waals surface area contributed by atoms with Crippen LogP contribution in [0.1, 0.15) is 38.3 Å². The average Bonchev–Trinajstić information content (AvgIpc) is 3.26. The van der Waals surface area contributed by atoms with Gasteiger partial charge < -0.3 is 15.9 Å². The highest BCUT2D eigenvalue weighted by atomic mass is 35.5. The summed E-state index contributed by atoms with van der Waals surface area (Å²) in [7, 11) is 0. The smallest absolute Gasteiger partial charge is 0.323 e. The predicted molar refractivity (Wildman–Crippen MR) is 128 cm³/mol. The zero-order valence-corrected chi connectivity index (χ0v) is 18.6. The molecule has 0 unspecified atom stereocenters. The van der Waals surface area contributed by atoms with Crippen LogP contribution in [0.3, 0.4) is 0 Å². The molecule has 0 radical (unpaired) electrons. The number of anilines is 1. The van der Waals surface area contributed by atoms with Crippen molar-refractivity contribution in [1.29, 1.82) is 0 Å². The fourth-order valence-electron chi connectivity index (χ4n) is 3.54. The number of carbonyl (C=O) groups excluding carboxylic acids is 2. The molecule has 33 heavy (non-hydrogen) atoms. The van der Waals surface area contributed by atoms with Crippen LogP contribution in [0.15, 0.2) is 72.8 Å². The molecule has 1 aliphatic carbocycles. The molecule has 2 amide bonds. The Balaban J connectivity index is 0.000000253. The molecule has 0 saturated carbocycles. The predicted octanol–water partition coefficient (Wildman–Crippen LogP) is 3.82. The number of primary amides is 1. The first-order chi connectivity index (χ1) is 15.3. The van der Waals surface area contributed by atoms with Gasteiger partial charge in [0.25, 0.3) is 5.91 Å². The lowest BCUT2D eigenvalue weighted by Crippen LogP contribution is -2.35. The van der Waals surface area contributed by atoms with Crippen LogP contribution in [0.5, 0.6) is 5.75 Å². The molecule has 0 spiro atoms. The second-order valence-electron chi connectivity index (χ2n) is 7.37. The number of phenols is 1. The van der Waals surface area contributed by atoms with E-state index in [2.05, 4.69) is 0 Å². The molecular formula is C25H25ClN2O5. The Morgan fingerprint density at radius 1 is 0.848 bits per heavy atom. The van der Waals surface area contributed by atoms with Gasteiger partial charge in [0, 0.05) is 22.9 Å². The lowest BCUT2D eigenvalue weighted by molar-refractivity contribution is -0.135. The van der Waals surface area contributed by atoms with E-state index in [4.69, 9.17) is 10.8 Å². The van der Waals surface area contributed by atoms with Crippen molar-refractivity contribution < 1.29 is 24.6 Å². The molecule has 3 aromatic carbocycles. The number of aromatic hydroxyl groups is 1. The normalized spacial score (nSPS) is 11.3. The molecule has 7 nitrogen and oxygen atoms in total. The Labute approximate surface area is 197 Å². The third-order valence-corrected chi connectivity index (χ3v) is 5.08. The Morgan fingerprint density at radius 3 is 2.18 bits per heavy atom. The van der Waals surface area contributed by atoms with Gasteiger partial charge in [0.05, 0.1) is 0 Å². The van der Waals surface area contributed by atoms with Gasteiger partial charge in [0.2, 0.25) is 5.91 Å². The van der Waals surface area contributed by atoms with E-state index in [1.54, 1.807) is 42.5 Å². The van der Waals surface area contributed by atoms with Gasteiger partial charge in [-0.2, -0.15) is 0 Å². The molecule has 0 aromatic heterocycles. The molecule has 0 heterocycles. The molecule has 1 aliphatic rings. The van der Waals surface area contributed by atoms with Gasteiger partial charge >= 0.3 is 5.97 Å². The van der Waals surface area contributed by atoms with Gasteiger partial charge in [-0.15, -0.1) is 12.4 Å². The van der Waals surface area contributed by atoms with E-state index in [-0.39, 0.29) is 24.1 Å². The standard InChI is InChI=1S/C15H13NO4.C10H11NO.ClH/c17-13-8-4-7-12(9-13)16(10-14(18)19)15(20)11-5-2-1-3-6-11;11-10(12)9-5-4-7-2-1-3-8(7)6-9;/h1-9,17H,10H2,(H,18,19);4-6H,1-3H2,(H2,11,12);1H. The van der Waals surface area contributed by atoms with E-state index in [0.717, 1.165) is 17.7 Å². The number of halogens is 1. The molecule has 0 saturated heterocycles. The van der Waals surface area contributed by atoms with Crippen molar-refractivity contribution >= 4 is 35.9 Å². The van der Waals surface area contributed by atoms with Gasteiger partial charge in [-0.3, -0.25) is 19.3 Å². The van der Waals surface area contributed by atoms with Crippen LogP contribution >= 0.6 is 12.4 Å². The Bertz CT molecular complexity index is 1130. The number of nitrogens with two attached hydrogens (primary N) is 1. The van der Waals surface area contributed by atoms with Gasteiger partial charge in [0.15, 0.2) is 0 Å². The number of aryl methyl sites for hydroxylation is 2. The number of phenolic OH excluding ortho intramolecular Hbond substituents is 1. The quantitative estimate of drug-likeness (QED) is 0.525. The summed E-state index contributed by atoms with van der Waals surface area (Å²) in [6.45, 7) is -0.475. The number of rotatable bonds is 5. The molecule has 0 fully saturated rings. The summed E-state index contributed by atoms with van der Waals surface area (Å²) in [5.41, 5.74) is 9.20. The lowest BCUT2D eigenvalue weighted by atomic mass is 10.1. The summed E-state index contributed by atoms with van der Waals surface area (Å²) in [5, 5.41) is 18.4. The number of fused-ring (bicyclic) bond motifs is 1. The van der Waals surface area contributed by atoms with Crippen molar-refractivity contribution in [3.8, 4) is 5.75 Å². The van der Waals surface area contributed by atoms with Gasteiger partial charge in [0.1, 0.15) is 12.3 Å². The maximum absolute atomic E-state index is 12.4. The fourth-order valence-corrected chi connectivity index (χ4v) is 3.54. The van der Waals surface area contributed by atoms with Crippen LogP contribution < -0.4 is 10.6 Å². The first kappa shape index (κ1) is 25.4. The fraction of sp³-hybridized carbons (Fsp3) is 0.160. The minimum Gasteiger partial charge on any atom is -0.508 e. The molecular weight excluding hydrogens is 444 g/mol. The highest BCUT2D eigenvalue weighted by Gasteiger charge is 2.20. The number of carbonyl (C=O) groups is 3. The van der Waals surface area contributed by atoms with E-state index in [0.29, 0.717) is 16.8 Å². The van der Waals surface area contributed by atoms with E-state index >= 15 is 0 Å². The monoisotopic (exact) mass is 468 g/mol. The molecule has 0 bridgehead atoms. The third-order valence-electron chi connectivity index (χ3n) is 5.08. The Morgan fingerprint density at radius 2 is 1.55 bits per heavy atom. The van der Waals surface area contributed by atoms with Gasteiger partial charge in [-0.25, -0.2) is 0 Å². The number of carboxylic acids is 1. The molecule has 172 valence electrons. The van der Waals surface area contributed by atoms with Gasteiger partial charge in [-0.05, 0) is 66.8 Å². The second-order valence-corrected chi connectivity index (χ2v) is 7.37. The summed E-state index contributed by atoms with van der Waals surface area (Å²) >= 11 is 0. The zero-order valence-electron chi connectivity index (χ0n) is 17.8. The molecule has 8 heteroatoms. The van der Waals surface area contributed by atoms with Crippen molar-refractivity contribution in [3.05, 3.63) is 95.1 Å². The number of hydrogen-bond donors (Lipinski definition) is 3. The van der Waals surface area contributed by atoms with Crippen molar-refractivity contribution in [2.75, 3.05) is 11.4 Å². The molecule has 4 rings (SSSR count). The number of amides is 2. The van der Waals surface area contributed by atoms with E-state index < -0.39 is 18.4 Å². The van der Waals surface area contributed by atoms with Crippen LogP contribution in [0.25, 0.3) is 0 Å². The Hall–Kier alpha value is -3.84. The van der Waals surface area contributed by atoms with Crippen molar-refractivity contribution in [1.82, 2.24) is 0 Å². The average molecular weight is 469 g/mol. The summed E-state index contributed by atoms with van der Waals surface area (Å²) < 4.78 is 0.